The lowest BCUT2D eigenvalue weighted by Crippen LogP contribution is -1.97. The molecule has 0 aliphatic carbocycles. The van der Waals surface area contributed by atoms with Crippen molar-refractivity contribution in [1.82, 2.24) is 0 Å². The van der Waals surface area contributed by atoms with Gasteiger partial charge >= 0.3 is 0 Å². The van der Waals surface area contributed by atoms with Crippen molar-refractivity contribution in [2.75, 3.05) is 6.54 Å². The van der Waals surface area contributed by atoms with E-state index in [0.717, 1.165) is 0 Å². The summed E-state index contributed by atoms with van der Waals surface area (Å²) in [5.41, 5.74) is 6.59. The van der Waals surface area contributed by atoms with Crippen molar-refractivity contribution in [2.45, 2.75) is 6.61 Å². The molecule has 0 saturated carbocycles. The van der Waals surface area contributed by atoms with Crippen molar-refractivity contribution >= 4 is 11.6 Å². The molecule has 0 bridgehead atoms. The number of ether oxygens (including phenoxy) is 1. The van der Waals surface area contributed by atoms with E-state index >= 15 is 0 Å². The molecule has 0 aliphatic heterocycles. The highest BCUT2D eigenvalue weighted by Gasteiger charge is 2.01. The molecule has 2 aromatic rings. The van der Waals surface area contributed by atoms with Crippen LogP contribution in [0.3, 0.4) is 0 Å². The van der Waals surface area contributed by atoms with Crippen LogP contribution in [0.4, 0.5) is 4.39 Å². The predicted molar refractivity (Wildman–Crippen MR) is 78.1 cm³/mol. The molecule has 0 amide bonds. The summed E-state index contributed by atoms with van der Waals surface area (Å²) in [4.78, 5) is 0. The third kappa shape index (κ3) is 4.27. The smallest absolute Gasteiger partial charge is 0.124 e. The predicted octanol–water partition coefficient (Wildman–Crippen LogP) is 3.37. The van der Waals surface area contributed by atoms with E-state index in [-0.39, 0.29) is 19.0 Å². The van der Waals surface area contributed by atoms with Crippen LogP contribution < -0.4 is 10.5 Å². The fourth-order valence-corrected chi connectivity index (χ4v) is 1.78. The summed E-state index contributed by atoms with van der Waals surface area (Å²) < 4.78 is 19.0. The highest BCUT2D eigenvalue weighted by molar-refractivity contribution is 6.30. The molecule has 0 aromatic heterocycles. The van der Waals surface area contributed by atoms with Gasteiger partial charge in [0.25, 0.3) is 0 Å². The average molecular weight is 290 g/mol. The molecule has 4 heteroatoms. The Morgan fingerprint density at radius 2 is 1.90 bits per heavy atom. The Labute approximate surface area is 122 Å². The monoisotopic (exact) mass is 289 g/mol. The summed E-state index contributed by atoms with van der Waals surface area (Å²) in [5, 5.41) is 0.641. The van der Waals surface area contributed by atoms with Gasteiger partial charge in [-0.1, -0.05) is 23.4 Å². The molecule has 2 N–H and O–H groups in total. The Bertz CT molecular complexity index is 644. The lowest BCUT2D eigenvalue weighted by molar-refractivity contribution is 0.305. The number of benzene rings is 2. The quantitative estimate of drug-likeness (QED) is 0.879. The van der Waals surface area contributed by atoms with Crippen molar-refractivity contribution in [2.24, 2.45) is 5.73 Å². The van der Waals surface area contributed by atoms with Crippen molar-refractivity contribution in [1.29, 1.82) is 0 Å². The summed E-state index contributed by atoms with van der Waals surface area (Å²) in [5.74, 6) is 5.83. The summed E-state index contributed by atoms with van der Waals surface area (Å²) in [6.07, 6.45) is 0. The molecule has 2 aromatic carbocycles. The van der Waals surface area contributed by atoms with E-state index in [9.17, 15) is 4.39 Å². The van der Waals surface area contributed by atoms with Gasteiger partial charge < -0.3 is 10.5 Å². The minimum atomic E-state index is -0.344. The Balaban J connectivity index is 2.09. The molecule has 0 fully saturated rings. The van der Waals surface area contributed by atoms with E-state index in [2.05, 4.69) is 11.8 Å². The van der Waals surface area contributed by atoms with Crippen LogP contribution in [0.1, 0.15) is 11.1 Å². The first-order chi connectivity index (χ1) is 9.67. The number of nitrogens with two attached hydrogens (primary N) is 1. The molecule has 0 atom stereocenters. The molecule has 0 aliphatic rings. The van der Waals surface area contributed by atoms with Gasteiger partial charge in [0, 0.05) is 10.6 Å². The van der Waals surface area contributed by atoms with E-state index < -0.39 is 0 Å². The number of hydrogen-bond donors (Lipinski definition) is 1. The third-order valence-corrected chi connectivity index (χ3v) is 2.76. The Kier molecular flexibility index (Phi) is 5.00. The van der Waals surface area contributed by atoms with E-state index in [1.807, 2.05) is 0 Å². The zero-order valence-corrected chi connectivity index (χ0v) is 11.5. The topological polar surface area (TPSA) is 35.2 Å². The average Bonchev–Trinajstić information content (AvgIpc) is 2.44. The van der Waals surface area contributed by atoms with Crippen molar-refractivity contribution in [3.8, 4) is 17.6 Å². The molecule has 102 valence electrons. The second-order valence-electron chi connectivity index (χ2n) is 4.10. The summed E-state index contributed by atoms with van der Waals surface area (Å²) in [6, 6.07) is 11.6. The molecule has 2 rings (SSSR count). The minimum Gasteiger partial charge on any atom is -0.489 e. The lowest BCUT2D eigenvalue weighted by atomic mass is 10.1. The molecule has 0 heterocycles. The van der Waals surface area contributed by atoms with Crippen LogP contribution in [0, 0.1) is 17.7 Å². The van der Waals surface area contributed by atoms with Gasteiger partial charge in [0.2, 0.25) is 0 Å². The Morgan fingerprint density at radius 3 is 2.60 bits per heavy atom. The Hall–Kier alpha value is -2.02. The van der Waals surface area contributed by atoms with Gasteiger partial charge in [0.05, 0.1) is 6.54 Å². The maximum absolute atomic E-state index is 13.5. The van der Waals surface area contributed by atoms with Crippen LogP contribution in [-0.2, 0) is 6.61 Å². The molecule has 0 spiro atoms. The molecule has 20 heavy (non-hydrogen) atoms. The third-order valence-electron chi connectivity index (χ3n) is 2.51. The SMILES string of the molecule is NCC#Cc1cc(F)cc(COc2ccc(Cl)cc2)c1. The maximum atomic E-state index is 13.5. The van der Waals surface area contributed by atoms with Crippen LogP contribution in [0.15, 0.2) is 42.5 Å². The van der Waals surface area contributed by atoms with Crippen LogP contribution in [0.25, 0.3) is 0 Å². The van der Waals surface area contributed by atoms with Gasteiger partial charge in [-0.15, -0.1) is 0 Å². The number of hydrogen-bond acceptors (Lipinski definition) is 2. The second kappa shape index (κ2) is 6.95. The Morgan fingerprint density at radius 1 is 1.15 bits per heavy atom. The van der Waals surface area contributed by atoms with Crippen molar-refractivity contribution in [3.05, 3.63) is 64.4 Å². The minimum absolute atomic E-state index is 0.243. The number of halogens is 2. The van der Waals surface area contributed by atoms with E-state index in [1.165, 1.54) is 12.1 Å². The molecular formula is C16H13ClFNO. The van der Waals surface area contributed by atoms with Crippen molar-refractivity contribution in [3.63, 3.8) is 0 Å². The van der Waals surface area contributed by atoms with E-state index in [0.29, 0.717) is 21.9 Å². The lowest BCUT2D eigenvalue weighted by Gasteiger charge is -2.07. The first kappa shape index (κ1) is 14.4. The second-order valence-corrected chi connectivity index (χ2v) is 4.53. The highest BCUT2D eigenvalue weighted by Crippen LogP contribution is 2.17. The molecule has 2 nitrogen and oxygen atoms in total. The van der Waals surface area contributed by atoms with Gasteiger partial charge in [-0.2, -0.15) is 0 Å². The zero-order chi connectivity index (χ0) is 14.4. The molecule has 0 radical (unpaired) electrons. The van der Waals surface area contributed by atoms with Crippen molar-refractivity contribution < 1.29 is 9.13 Å². The molecule has 0 unspecified atom stereocenters. The van der Waals surface area contributed by atoms with Gasteiger partial charge in [0.15, 0.2) is 0 Å². The van der Waals surface area contributed by atoms with Gasteiger partial charge in [0.1, 0.15) is 18.2 Å². The van der Waals surface area contributed by atoms with Gasteiger partial charge in [-0.05, 0) is 48.0 Å². The largest absolute Gasteiger partial charge is 0.489 e. The standard InChI is InChI=1S/C16H13ClFNO/c17-14-3-5-16(6-4-14)20-11-13-8-12(2-1-7-19)9-15(18)10-13/h3-6,8-10H,7,11,19H2. The summed E-state index contributed by atoms with van der Waals surface area (Å²) >= 11 is 5.79. The van der Waals surface area contributed by atoms with E-state index in [4.69, 9.17) is 22.1 Å². The first-order valence-corrected chi connectivity index (χ1v) is 6.42. The fourth-order valence-electron chi connectivity index (χ4n) is 1.66. The maximum Gasteiger partial charge on any atom is 0.124 e. The van der Waals surface area contributed by atoms with Crippen LogP contribution in [0.5, 0.6) is 5.75 Å². The van der Waals surface area contributed by atoms with Crippen LogP contribution >= 0.6 is 11.6 Å². The molecular weight excluding hydrogens is 277 g/mol. The first-order valence-electron chi connectivity index (χ1n) is 6.04. The summed E-state index contributed by atoms with van der Waals surface area (Å²) in [7, 11) is 0. The fraction of sp³-hybridized carbons (Fsp3) is 0.125. The normalized spacial score (nSPS) is 9.75. The van der Waals surface area contributed by atoms with Gasteiger partial charge in [-0.3, -0.25) is 0 Å². The van der Waals surface area contributed by atoms with Crippen LogP contribution in [-0.4, -0.2) is 6.54 Å². The zero-order valence-electron chi connectivity index (χ0n) is 10.7. The van der Waals surface area contributed by atoms with Crippen LogP contribution in [0.2, 0.25) is 5.02 Å². The summed E-state index contributed by atoms with van der Waals surface area (Å²) in [6.45, 7) is 0.504. The van der Waals surface area contributed by atoms with Gasteiger partial charge in [-0.25, -0.2) is 4.39 Å². The number of rotatable bonds is 3. The van der Waals surface area contributed by atoms with E-state index in [1.54, 1.807) is 30.3 Å². The highest BCUT2D eigenvalue weighted by atomic mass is 35.5. The molecule has 0 saturated heterocycles.